The highest BCUT2D eigenvalue weighted by molar-refractivity contribution is 9.10. The van der Waals surface area contributed by atoms with Crippen LogP contribution in [0.3, 0.4) is 0 Å². The number of hydrogen-bond acceptors (Lipinski definition) is 13. The van der Waals surface area contributed by atoms with E-state index in [9.17, 15) is 9.59 Å². The van der Waals surface area contributed by atoms with Crippen LogP contribution in [0, 0.1) is 0 Å². The molecule has 0 amide bonds. The molecule has 0 aliphatic heterocycles. The van der Waals surface area contributed by atoms with Crippen LogP contribution in [-0.4, -0.2) is 90.4 Å². The van der Waals surface area contributed by atoms with Gasteiger partial charge < -0.3 is 40.3 Å². The van der Waals surface area contributed by atoms with Crippen LogP contribution in [0.5, 0.6) is 0 Å². The summed E-state index contributed by atoms with van der Waals surface area (Å²) < 4.78 is 17.0. The molecular formula is C28H42Br2N8O5. The molecule has 2 aliphatic rings. The molecule has 2 heterocycles. The van der Waals surface area contributed by atoms with Gasteiger partial charge in [-0.3, -0.25) is 4.79 Å². The normalized spacial score (nSPS) is 21.5. The quantitative estimate of drug-likeness (QED) is 0.126. The molecule has 0 atom stereocenters. The molecule has 238 valence electrons. The summed E-state index contributed by atoms with van der Waals surface area (Å²) in [5, 5.41) is 12.8. The molecule has 43 heavy (non-hydrogen) atoms. The molecule has 2 saturated carbocycles. The zero-order chi connectivity index (χ0) is 31.0. The number of aromatic nitrogens is 4. The SMILES string of the molecule is CCO[13C](=O)[13CH2]Nc1ncc(Br)nc1NC1CCC(OC)CC1.COC1CCC(Nc2nc(Br)cnc2N[13CH2][13CH]=O)CC1. The molecule has 0 bridgehead atoms. The van der Waals surface area contributed by atoms with Crippen molar-refractivity contribution in [3.63, 3.8) is 0 Å². The molecule has 2 fully saturated rings. The van der Waals surface area contributed by atoms with Gasteiger partial charge in [0, 0.05) is 26.3 Å². The smallest absolute Gasteiger partial charge is 0.325 e. The predicted octanol–water partition coefficient (Wildman–Crippen LogP) is 4.80. The van der Waals surface area contributed by atoms with Gasteiger partial charge in [-0.15, -0.1) is 0 Å². The zero-order valence-corrected chi connectivity index (χ0v) is 28.1. The number of esters is 1. The molecule has 0 saturated heterocycles. The molecule has 0 aromatic carbocycles. The lowest BCUT2D eigenvalue weighted by Crippen LogP contribution is -2.30. The maximum absolute atomic E-state index is 11.5. The van der Waals surface area contributed by atoms with Crippen molar-refractivity contribution in [2.24, 2.45) is 0 Å². The molecule has 0 spiro atoms. The molecule has 0 unspecified atom stereocenters. The molecule has 2 aromatic heterocycles. The maximum Gasteiger partial charge on any atom is 0.325 e. The fraction of sp³-hybridized carbons (Fsp3) is 0.643. The van der Waals surface area contributed by atoms with E-state index in [1.54, 1.807) is 33.5 Å². The van der Waals surface area contributed by atoms with Crippen molar-refractivity contribution in [3.05, 3.63) is 21.6 Å². The summed E-state index contributed by atoms with van der Waals surface area (Å²) in [4.78, 5) is 39.3. The number of carbonyl (C=O) groups excluding carboxylic acids is 2. The van der Waals surface area contributed by atoms with Gasteiger partial charge in [0.25, 0.3) is 0 Å². The Hall–Kier alpha value is -2.62. The average molecular weight is 734 g/mol. The minimum absolute atomic E-state index is 0.0647. The van der Waals surface area contributed by atoms with Crippen LogP contribution in [0.1, 0.15) is 58.3 Å². The third-order valence-electron chi connectivity index (χ3n) is 7.24. The first-order valence-electron chi connectivity index (χ1n) is 14.6. The second-order valence-corrected chi connectivity index (χ2v) is 11.8. The Bertz CT molecular complexity index is 1150. The van der Waals surface area contributed by atoms with Crippen LogP contribution in [0.4, 0.5) is 23.3 Å². The van der Waals surface area contributed by atoms with Gasteiger partial charge in [0.15, 0.2) is 23.3 Å². The number of anilines is 4. The van der Waals surface area contributed by atoms with Crippen molar-refractivity contribution in [2.45, 2.75) is 82.6 Å². The van der Waals surface area contributed by atoms with Crippen LogP contribution in [-0.2, 0) is 23.8 Å². The number of rotatable bonds is 13. The minimum atomic E-state index is -0.316. The van der Waals surface area contributed by atoms with E-state index in [-0.39, 0.29) is 19.1 Å². The Balaban J connectivity index is 0.000000238. The van der Waals surface area contributed by atoms with Crippen molar-refractivity contribution in [1.29, 1.82) is 0 Å². The molecule has 4 N–H and O–H groups in total. The Morgan fingerprint density at radius 3 is 1.70 bits per heavy atom. The molecule has 2 aromatic rings. The van der Waals surface area contributed by atoms with Crippen molar-refractivity contribution in [1.82, 2.24) is 19.9 Å². The van der Waals surface area contributed by atoms with Crippen LogP contribution >= 0.6 is 31.9 Å². The van der Waals surface area contributed by atoms with E-state index in [0.29, 0.717) is 63.4 Å². The first kappa shape index (κ1) is 34.9. The summed E-state index contributed by atoms with van der Waals surface area (Å²) in [5.41, 5.74) is 0. The lowest BCUT2D eigenvalue weighted by Gasteiger charge is -2.29. The highest BCUT2D eigenvalue weighted by atomic mass is 79.9. The lowest BCUT2D eigenvalue weighted by molar-refractivity contribution is -0.140. The Labute approximate surface area is 269 Å². The van der Waals surface area contributed by atoms with Gasteiger partial charge >= 0.3 is 5.97 Å². The second kappa shape index (κ2) is 18.9. The fourth-order valence-electron chi connectivity index (χ4n) is 4.97. The standard InChI is InChI=1S/C15H23BrN4O3.C13H19BrN4O2/c1-3-23-13(21)9-18-14-15(20-12(16)8-17-14)19-10-4-6-11(22-2)7-5-10;1-20-10-4-2-9(3-5-10)17-13-12(15-6-7-19)16-8-11(14)18-13/h8,10-11H,3-7,9H2,1-2H3,(H,17,18)(H,19,20);7-10H,2-6H2,1H3,(H,15,16)(H,17,18)/i9+1,13+1;6+1,7+1. The lowest BCUT2D eigenvalue weighted by atomic mass is 9.93. The topological polar surface area (TPSA) is 162 Å². The largest absolute Gasteiger partial charge is 0.465 e. The van der Waals surface area contributed by atoms with Crippen molar-refractivity contribution in [2.75, 3.05) is 55.2 Å². The van der Waals surface area contributed by atoms with E-state index in [2.05, 4.69) is 73.1 Å². The van der Waals surface area contributed by atoms with Crippen LogP contribution in [0.15, 0.2) is 21.6 Å². The summed E-state index contributed by atoms with van der Waals surface area (Å²) >= 11 is 6.65. The molecular weight excluding hydrogens is 692 g/mol. The molecule has 0 radical (unpaired) electrons. The Morgan fingerprint density at radius 2 is 1.28 bits per heavy atom. The van der Waals surface area contributed by atoms with Crippen molar-refractivity contribution >= 4 is 67.4 Å². The van der Waals surface area contributed by atoms with E-state index >= 15 is 0 Å². The van der Waals surface area contributed by atoms with Gasteiger partial charge in [-0.1, -0.05) is 0 Å². The van der Waals surface area contributed by atoms with Gasteiger partial charge in [-0.25, -0.2) is 19.9 Å². The molecule has 15 heteroatoms. The van der Waals surface area contributed by atoms with Gasteiger partial charge in [-0.05, 0) is 90.2 Å². The predicted molar refractivity (Wildman–Crippen MR) is 172 cm³/mol. The van der Waals surface area contributed by atoms with E-state index in [4.69, 9.17) is 14.2 Å². The van der Waals surface area contributed by atoms with E-state index < -0.39 is 0 Å². The second-order valence-electron chi connectivity index (χ2n) is 10.2. The number of methoxy groups -OCH3 is 2. The Kier molecular flexibility index (Phi) is 15.3. The zero-order valence-electron chi connectivity index (χ0n) is 24.9. The summed E-state index contributed by atoms with van der Waals surface area (Å²) in [6, 6.07) is 0.690. The van der Waals surface area contributed by atoms with Crippen LogP contribution in [0.2, 0.25) is 0 Å². The third kappa shape index (κ3) is 12.1. The number of ether oxygens (including phenoxy) is 3. The van der Waals surface area contributed by atoms with Gasteiger partial charge in [-0.2, -0.15) is 0 Å². The number of halogens is 2. The van der Waals surface area contributed by atoms with Crippen molar-refractivity contribution in [3.8, 4) is 0 Å². The van der Waals surface area contributed by atoms with Crippen molar-refractivity contribution < 1.29 is 23.8 Å². The summed E-state index contributed by atoms with van der Waals surface area (Å²) in [7, 11) is 3.52. The first-order valence-corrected chi connectivity index (χ1v) is 16.1. The monoisotopic (exact) mass is 732 g/mol. The highest BCUT2D eigenvalue weighted by Crippen LogP contribution is 2.28. The van der Waals surface area contributed by atoms with Gasteiger partial charge in [0.05, 0.1) is 37.8 Å². The first-order chi connectivity index (χ1) is 20.8. The summed E-state index contributed by atoms with van der Waals surface area (Å²) in [6.07, 6.45) is 13.0. The number of hydrogen-bond donors (Lipinski definition) is 4. The fourth-order valence-corrected chi connectivity index (χ4v) is 5.53. The number of carbonyl (C=O) groups is 2. The summed E-state index contributed by atoms with van der Waals surface area (Å²) in [5.74, 6) is 2.17. The van der Waals surface area contributed by atoms with Crippen LogP contribution in [0.25, 0.3) is 0 Å². The third-order valence-corrected chi connectivity index (χ3v) is 8.01. The molecule has 4 rings (SSSR count). The average Bonchev–Trinajstić information content (AvgIpc) is 3.01. The Morgan fingerprint density at radius 1 is 0.814 bits per heavy atom. The van der Waals surface area contributed by atoms with Crippen LogP contribution < -0.4 is 21.3 Å². The van der Waals surface area contributed by atoms with E-state index in [1.165, 1.54) is 0 Å². The van der Waals surface area contributed by atoms with Gasteiger partial charge in [0.2, 0.25) is 0 Å². The highest BCUT2D eigenvalue weighted by Gasteiger charge is 2.23. The van der Waals surface area contributed by atoms with E-state index in [1.807, 2.05) is 0 Å². The van der Waals surface area contributed by atoms with E-state index in [0.717, 1.165) is 57.7 Å². The number of nitrogens with one attached hydrogen (secondary N) is 4. The maximum atomic E-state index is 11.5. The molecule has 2 aliphatic carbocycles. The number of aldehydes is 1. The number of nitrogens with zero attached hydrogens (tertiary/aromatic N) is 4. The molecule has 13 nitrogen and oxygen atoms in total. The van der Waals surface area contributed by atoms with Gasteiger partial charge in [0.1, 0.15) is 22.0 Å². The minimum Gasteiger partial charge on any atom is -0.465 e. The summed E-state index contributed by atoms with van der Waals surface area (Å²) in [6.45, 7) is 2.43.